The van der Waals surface area contributed by atoms with Crippen LogP contribution < -0.4 is 10.6 Å². The quantitative estimate of drug-likeness (QED) is 0.659. The van der Waals surface area contributed by atoms with E-state index < -0.39 is 16.1 Å². The zero-order valence-electron chi connectivity index (χ0n) is 15.4. The number of aliphatic hydroxyl groups excluding tert-OH is 1. The van der Waals surface area contributed by atoms with E-state index in [0.29, 0.717) is 44.2 Å². The lowest BCUT2D eigenvalue weighted by Crippen LogP contribution is -2.38. The van der Waals surface area contributed by atoms with Gasteiger partial charge in [-0.05, 0) is 43.0 Å². The number of nitrogens with one attached hydrogen (secondary N) is 2. The standard InChI is InChI=1S/C18H27N3O4S.ClH/c1-13-6-8-21(9-7-13)26(24,25)16-4-2-14(3-5-16)18(23)20-11-15-10-19-12-17(15)22;/h2-5,13,15,17,19,22H,6-12H2,1H3,(H,20,23);1H. The van der Waals surface area contributed by atoms with E-state index in [4.69, 9.17) is 0 Å². The van der Waals surface area contributed by atoms with Crippen molar-refractivity contribution in [2.45, 2.75) is 30.8 Å². The summed E-state index contributed by atoms with van der Waals surface area (Å²) in [6.45, 7) is 4.83. The largest absolute Gasteiger partial charge is 0.391 e. The lowest BCUT2D eigenvalue weighted by atomic mass is 10.0. The fourth-order valence-corrected chi connectivity index (χ4v) is 4.88. The monoisotopic (exact) mass is 417 g/mol. The van der Waals surface area contributed by atoms with E-state index in [0.717, 1.165) is 12.8 Å². The first-order chi connectivity index (χ1) is 12.4. The molecule has 2 aliphatic heterocycles. The topological polar surface area (TPSA) is 98.7 Å². The Morgan fingerprint density at radius 2 is 1.85 bits per heavy atom. The third kappa shape index (κ3) is 5.20. The molecule has 2 fully saturated rings. The summed E-state index contributed by atoms with van der Waals surface area (Å²) in [6, 6.07) is 6.07. The van der Waals surface area contributed by atoms with E-state index in [1.165, 1.54) is 28.6 Å². The molecule has 2 atom stereocenters. The second-order valence-electron chi connectivity index (χ2n) is 7.31. The summed E-state index contributed by atoms with van der Waals surface area (Å²) in [6.07, 6.45) is 1.30. The number of carbonyl (C=O) groups is 1. The zero-order valence-corrected chi connectivity index (χ0v) is 17.1. The van der Waals surface area contributed by atoms with Crippen molar-refractivity contribution in [2.24, 2.45) is 11.8 Å². The summed E-state index contributed by atoms with van der Waals surface area (Å²) in [5.41, 5.74) is 0.414. The molecule has 2 unspecified atom stereocenters. The maximum atomic E-state index is 12.7. The minimum Gasteiger partial charge on any atom is -0.391 e. The molecule has 27 heavy (non-hydrogen) atoms. The minimum atomic E-state index is -3.50. The molecule has 3 rings (SSSR count). The van der Waals surface area contributed by atoms with Crippen molar-refractivity contribution in [3.8, 4) is 0 Å². The maximum Gasteiger partial charge on any atom is 0.251 e. The minimum absolute atomic E-state index is 0. The number of aliphatic hydroxyl groups is 1. The van der Waals surface area contributed by atoms with Gasteiger partial charge in [0.2, 0.25) is 10.0 Å². The van der Waals surface area contributed by atoms with Crippen LogP contribution in [0.15, 0.2) is 29.2 Å². The second kappa shape index (κ2) is 9.34. The average Bonchev–Trinajstić information content (AvgIpc) is 3.05. The van der Waals surface area contributed by atoms with Crippen LogP contribution in [-0.4, -0.2) is 62.6 Å². The van der Waals surface area contributed by atoms with Gasteiger partial charge in [0.05, 0.1) is 11.0 Å². The Kier molecular flexibility index (Phi) is 7.64. The summed E-state index contributed by atoms with van der Waals surface area (Å²) < 4.78 is 26.9. The van der Waals surface area contributed by atoms with Gasteiger partial charge in [-0.2, -0.15) is 4.31 Å². The molecule has 3 N–H and O–H groups in total. The van der Waals surface area contributed by atoms with Crippen LogP contribution in [0, 0.1) is 11.8 Å². The van der Waals surface area contributed by atoms with Gasteiger partial charge in [0.15, 0.2) is 0 Å². The maximum absolute atomic E-state index is 12.7. The number of hydrogen-bond acceptors (Lipinski definition) is 5. The van der Waals surface area contributed by atoms with Crippen LogP contribution in [0.5, 0.6) is 0 Å². The Morgan fingerprint density at radius 3 is 2.41 bits per heavy atom. The molecule has 2 aliphatic rings. The molecule has 0 aromatic heterocycles. The highest BCUT2D eigenvalue weighted by molar-refractivity contribution is 7.89. The fraction of sp³-hybridized carbons (Fsp3) is 0.611. The first-order valence-electron chi connectivity index (χ1n) is 9.15. The van der Waals surface area contributed by atoms with Crippen molar-refractivity contribution >= 4 is 28.3 Å². The van der Waals surface area contributed by atoms with Gasteiger partial charge < -0.3 is 15.7 Å². The Hall–Kier alpha value is -1.19. The van der Waals surface area contributed by atoms with Crippen LogP contribution in [0.3, 0.4) is 0 Å². The molecule has 9 heteroatoms. The van der Waals surface area contributed by atoms with Crippen LogP contribution in [0.1, 0.15) is 30.1 Å². The fourth-order valence-electron chi connectivity index (χ4n) is 3.41. The summed E-state index contributed by atoms with van der Waals surface area (Å²) >= 11 is 0. The molecule has 0 saturated carbocycles. The third-order valence-electron chi connectivity index (χ3n) is 5.33. The number of rotatable bonds is 5. The molecule has 0 spiro atoms. The van der Waals surface area contributed by atoms with Crippen molar-refractivity contribution in [1.29, 1.82) is 0 Å². The number of sulfonamides is 1. The van der Waals surface area contributed by atoms with E-state index in [2.05, 4.69) is 17.6 Å². The van der Waals surface area contributed by atoms with E-state index in [1.807, 2.05) is 0 Å². The number of β-amino-alcohol motifs (C(OH)–C–C–N with tert-alkyl or cyclic N) is 1. The Balaban J connectivity index is 0.00000261. The van der Waals surface area contributed by atoms with Gasteiger partial charge in [-0.15, -0.1) is 12.4 Å². The first kappa shape index (κ1) is 22.1. The third-order valence-corrected chi connectivity index (χ3v) is 7.24. The highest BCUT2D eigenvalue weighted by atomic mass is 35.5. The van der Waals surface area contributed by atoms with Gasteiger partial charge >= 0.3 is 0 Å². The molecule has 1 aromatic rings. The van der Waals surface area contributed by atoms with Crippen molar-refractivity contribution in [2.75, 3.05) is 32.7 Å². The molecule has 0 aliphatic carbocycles. The summed E-state index contributed by atoms with van der Waals surface area (Å²) in [7, 11) is -3.50. The summed E-state index contributed by atoms with van der Waals surface area (Å²) in [5, 5.41) is 15.6. The molecule has 2 heterocycles. The van der Waals surface area contributed by atoms with Crippen LogP contribution in [0.25, 0.3) is 0 Å². The second-order valence-corrected chi connectivity index (χ2v) is 9.24. The number of amides is 1. The van der Waals surface area contributed by atoms with E-state index in [1.54, 1.807) is 0 Å². The molecule has 0 radical (unpaired) electrons. The smallest absolute Gasteiger partial charge is 0.251 e. The van der Waals surface area contributed by atoms with Gasteiger partial charge in [0.25, 0.3) is 5.91 Å². The molecule has 1 aromatic carbocycles. The van der Waals surface area contributed by atoms with Crippen LogP contribution in [-0.2, 0) is 10.0 Å². The predicted molar refractivity (Wildman–Crippen MR) is 106 cm³/mol. The first-order valence-corrected chi connectivity index (χ1v) is 10.6. The molecule has 2 saturated heterocycles. The number of benzene rings is 1. The summed E-state index contributed by atoms with van der Waals surface area (Å²) in [5.74, 6) is 0.293. The Morgan fingerprint density at radius 1 is 1.22 bits per heavy atom. The lowest BCUT2D eigenvalue weighted by Gasteiger charge is -2.29. The van der Waals surface area contributed by atoms with Crippen molar-refractivity contribution in [1.82, 2.24) is 14.9 Å². The molecule has 152 valence electrons. The summed E-state index contributed by atoms with van der Waals surface area (Å²) in [4.78, 5) is 12.5. The number of halogens is 1. The van der Waals surface area contributed by atoms with Gasteiger partial charge in [0.1, 0.15) is 0 Å². The Labute approximate surface area is 167 Å². The van der Waals surface area contributed by atoms with Crippen LogP contribution >= 0.6 is 12.4 Å². The van der Waals surface area contributed by atoms with Crippen LogP contribution in [0.2, 0.25) is 0 Å². The SMILES string of the molecule is CC1CCN(S(=O)(=O)c2ccc(C(=O)NCC3CNCC3O)cc2)CC1.Cl. The lowest BCUT2D eigenvalue weighted by molar-refractivity contribution is 0.0927. The van der Waals surface area contributed by atoms with E-state index in [9.17, 15) is 18.3 Å². The van der Waals surface area contributed by atoms with Gasteiger partial charge in [0, 0.05) is 44.2 Å². The van der Waals surface area contributed by atoms with E-state index >= 15 is 0 Å². The molecule has 7 nitrogen and oxygen atoms in total. The van der Waals surface area contributed by atoms with Crippen LogP contribution in [0.4, 0.5) is 0 Å². The number of carbonyl (C=O) groups excluding carboxylic acids is 1. The highest BCUT2D eigenvalue weighted by Crippen LogP contribution is 2.23. The normalized spacial score (nSPS) is 24.4. The predicted octanol–water partition coefficient (Wildman–Crippen LogP) is 0.839. The molecular formula is C18H28ClN3O4S. The van der Waals surface area contributed by atoms with Gasteiger partial charge in [-0.1, -0.05) is 6.92 Å². The van der Waals surface area contributed by atoms with Crippen molar-refractivity contribution in [3.05, 3.63) is 29.8 Å². The number of hydrogen-bond donors (Lipinski definition) is 3. The van der Waals surface area contributed by atoms with E-state index in [-0.39, 0.29) is 29.1 Å². The zero-order chi connectivity index (χ0) is 18.7. The van der Waals surface area contributed by atoms with Gasteiger partial charge in [-0.25, -0.2) is 8.42 Å². The average molecular weight is 418 g/mol. The highest BCUT2D eigenvalue weighted by Gasteiger charge is 2.28. The van der Waals surface area contributed by atoms with Crippen molar-refractivity contribution < 1.29 is 18.3 Å². The number of nitrogens with zero attached hydrogens (tertiary/aromatic N) is 1. The van der Waals surface area contributed by atoms with Gasteiger partial charge in [-0.3, -0.25) is 4.79 Å². The molecular weight excluding hydrogens is 390 g/mol. The molecule has 1 amide bonds. The van der Waals surface area contributed by atoms with Crippen molar-refractivity contribution in [3.63, 3.8) is 0 Å². The number of piperidine rings is 1. The molecule has 0 bridgehead atoms. The Bertz CT molecular complexity index is 733.